The summed E-state index contributed by atoms with van der Waals surface area (Å²) in [5.74, 6) is 0.328. The van der Waals surface area contributed by atoms with E-state index in [1.165, 1.54) is 0 Å². The Morgan fingerprint density at radius 2 is 2.45 bits per heavy atom. The van der Waals surface area contributed by atoms with Crippen LogP contribution in [-0.2, 0) is 10.3 Å². The largest absolute Gasteiger partial charge is 0.450 e. The van der Waals surface area contributed by atoms with E-state index in [-0.39, 0.29) is 12.1 Å². The van der Waals surface area contributed by atoms with E-state index in [2.05, 4.69) is 4.98 Å². The van der Waals surface area contributed by atoms with Gasteiger partial charge in [-0.05, 0) is 38.2 Å². The summed E-state index contributed by atoms with van der Waals surface area (Å²) in [6, 6.07) is 3.50. The van der Waals surface area contributed by atoms with Crippen molar-refractivity contribution in [1.82, 2.24) is 9.88 Å². The van der Waals surface area contributed by atoms with Gasteiger partial charge in [-0.2, -0.15) is 0 Å². The molecule has 1 aromatic heterocycles. The summed E-state index contributed by atoms with van der Waals surface area (Å²) in [5, 5.41) is 11.1. The SMILES string of the molecule is CCOC(=O)N1CC2CCC1C(O)(c1cccnc1)C2. The molecule has 5 heteroatoms. The molecule has 20 heavy (non-hydrogen) atoms. The molecule has 5 nitrogen and oxygen atoms in total. The smallest absolute Gasteiger partial charge is 0.410 e. The van der Waals surface area contributed by atoms with Crippen LogP contribution in [0, 0.1) is 5.92 Å². The normalized spacial score (nSPS) is 32.2. The number of carbonyl (C=O) groups is 1. The first-order chi connectivity index (χ1) is 9.65. The fourth-order valence-electron chi connectivity index (χ4n) is 3.62. The van der Waals surface area contributed by atoms with Crippen molar-refractivity contribution in [2.45, 2.75) is 37.8 Å². The summed E-state index contributed by atoms with van der Waals surface area (Å²) in [5.41, 5.74) is -0.203. The molecule has 1 amide bonds. The number of aliphatic hydroxyl groups is 1. The van der Waals surface area contributed by atoms with E-state index in [1.54, 1.807) is 24.2 Å². The summed E-state index contributed by atoms with van der Waals surface area (Å²) in [6.07, 6.45) is 5.64. The minimum absolute atomic E-state index is 0.212. The monoisotopic (exact) mass is 276 g/mol. The van der Waals surface area contributed by atoms with Gasteiger partial charge in [0.1, 0.15) is 5.60 Å². The number of carbonyl (C=O) groups excluding carboxylic acids is 1. The first-order valence-corrected chi connectivity index (χ1v) is 7.21. The lowest BCUT2D eigenvalue weighted by Gasteiger charge is -2.53. The molecule has 1 aliphatic carbocycles. The first kappa shape index (κ1) is 13.4. The van der Waals surface area contributed by atoms with Crippen molar-refractivity contribution in [3.63, 3.8) is 0 Å². The lowest BCUT2D eigenvalue weighted by Crippen LogP contribution is -2.62. The van der Waals surface area contributed by atoms with E-state index in [9.17, 15) is 9.90 Å². The summed E-state index contributed by atoms with van der Waals surface area (Å²) in [7, 11) is 0. The fraction of sp³-hybridized carbons (Fsp3) is 0.600. The van der Waals surface area contributed by atoms with Gasteiger partial charge in [-0.1, -0.05) is 6.07 Å². The standard InChI is InChI=1S/C15H20N2O3/c1-2-20-14(18)17-10-11-5-6-13(17)15(19,8-11)12-4-3-7-16-9-12/h3-4,7,9,11,13,19H,2,5-6,8,10H2,1H3. The van der Waals surface area contributed by atoms with Crippen LogP contribution >= 0.6 is 0 Å². The molecule has 2 bridgehead atoms. The predicted octanol–water partition coefficient (Wildman–Crippen LogP) is 1.91. The average molecular weight is 276 g/mol. The van der Waals surface area contributed by atoms with Crippen molar-refractivity contribution in [1.29, 1.82) is 0 Å². The van der Waals surface area contributed by atoms with Gasteiger partial charge in [0.15, 0.2) is 0 Å². The number of piperidine rings is 2. The second-order valence-corrected chi connectivity index (χ2v) is 5.68. The molecule has 3 fully saturated rings. The minimum atomic E-state index is -0.998. The van der Waals surface area contributed by atoms with Crippen LogP contribution in [0.3, 0.4) is 0 Å². The predicted molar refractivity (Wildman–Crippen MR) is 73.0 cm³/mol. The Bertz CT molecular complexity index is 493. The second-order valence-electron chi connectivity index (χ2n) is 5.68. The van der Waals surface area contributed by atoms with Gasteiger partial charge in [0.05, 0.1) is 12.6 Å². The van der Waals surface area contributed by atoms with Crippen molar-refractivity contribution in [3.05, 3.63) is 30.1 Å². The van der Waals surface area contributed by atoms with Crippen LogP contribution in [0.1, 0.15) is 31.7 Å². The van der Waals surface area contributed by atoms with E-state index in [4.69, 9.17) is 4.74 Å². The molecule has 4 rings (SSSR count). The van der Waals surface area contributed by atoms with Gasteiger partial charge in [-0.3, -0.25) is 4.98 Å². The van der Waals surface area contributed by atoms with Crippen molar-refractivity contribution < 1.29 is 14.6 Å². The van der Waals surface area contributed by atoms with Crippen LogP contribution in [0.5, 0.6) is 0 Å². The highest BCUT2D eigenvalue weighted by Crippen LogP contribution is 2.47. The Labute approximate surface area is 118 Å². The quantitative estimate of drug-likeness (QED) is 0.896. The van der Waals surface area contributed by atoms with E-state index in [0.717, 1.165) is 18.4 Å². The third-order valence-electron chi connectivity index (χ3n) is 4.49. The highest BCUT2D eigenvalue weighted by molar-refractivity contribution is 5.68. The molecular formula is C15H20N2O3. The maximum Gasteiger partial charge on any atom is 0.410 e. The summed E-state index contributed by atoms with van der Waals surface area (Å²) >= 11 is 0. The molecule has 2 saturated heterocycles. The Hall–Kier alpha value is -1.62. The van der Waals surface area contributed by atoms with Crippen molar-refractivity contribution in [3.8, 4) is 0 Å². The zero-order valence-electron chi connectivity index (χ0n) is 11.7. The zero-order valence-corrected chi connectivity index (χ0v) is 11.7. The van der Waals surface area contributed by atoms with Crippen molar-refractivity contribution in [2.75, 3.05) is 13.2 Å². The zero-order chi connectivity index (χ0) is 14.2. The van der Waals surface area contributed by atoms with Gasteiger partial charge < -0.3 is 14.7 Å². The van der Waals surface area contributed by atoms with Crippen LogP contribution in [0.15, 0.2) is 24.5 Å². The number of fused-ring (bicyclic) bond motifs is 3. The molecular weight excluding hydrogens is 256 g/mol. The maximum atomic E-state index is 12.1. The summed E-state index contributed by atoms with van der Waals surface area (Å²) in [6.45, 7) is 2.84. The van der Waals surface area contributed by atoms with Crippen LogP contribution in [-0.4, -0.2) is 40.3 Å². The molecule has 3 aliphatic rings. The highest BCUT2D eigenvalue weighted by Gasteiger charge is 2.53. The highest BCUT2D eigenvalue weighted by atomic mass is 16.6. The van der Waals surface area contributed by atoms with Gasteiger partial charge >= 0.3 is 6.09 Å². The summed E-state index contributed by atoms with van der Waals surface area (Å²) in [4.78, 5) is 17.9. The first-order valence-electron chi connectivity index (χ1n) is 7.21. The van der Waals surface area contributed by atoms with Gasteiger partial charge in [0.25, 0.3) is 0 Å². The number of aromatic nitrogens is 1. The van der Waals surface area contributed by atoms with Gasteiger partial charge in [-0.15, -0.1) is 0 Å². The molecule has 108 valence electrons. The fourth-order valence-corrected chi connectivity index (χ4v) is 3.62. The van der Waals surface area contributed by atoms with Crippen molar-refractivity contribution in [2.24, 2.45) is 5.92 Å². The molecule has 2 aliphatic heterocycles. The van der Waals surface area contributed by atoms with Crippen molar-refractivity contribution >= 4 is 6.09 Å². The lowest BCUT2D eigenvalue weighted by atomic mass is 9.67. The molecule has 1 aromatic rings. The third-order valence-corrected chi connectivity index (χ3v) is 4.49. The lowest BCUT2D eigenvalue weighted by molar-refractivity contribution is -0.128. The number of ether oxygens (including phenoxy) is 1. The van der Waals surface area contributed by atoms with E-state index in [0.29, 0.717) is 25.5 Å². The van der Waals surface area contributed by atoms with Gasteiger partial charge in [-0.25, -0.2) is 4.79 Å². The molecule has 3 atom stereocenters. The van der Waals surface area contributed by atoms with Crippen LogP contribution in [0.4, 0.5) is 4.79 Å². The van der Waals surface area contributed by atoms with Gasteiger partial charge in [0.2, 0.25) is 0 Å². The van der Waals surface area contributed by atoms with Crippen LogP contribution in [0.2, 0.25) is 0 Å². The van der Waals surface area contributed by atoms with Crippen LogP contribution < -0.4 is 0 Å². The molecule has 0 aromatic carbocycles. The molecule has 3 unspecified atom stereocenters. The number of hydrogen-bond donors (Lipinski definition) is 1. The second kappa shape index (κ2) is 5.05. The number of pyridine rings is 1. The molecule has 1 N–H and O–H groups in total. The summed E-state index contributed by atoms with van der Waals surface area (Å²) < 4.78 is 5.12. The topological polar surface area (TPSA) is 62.7 Å². The molecule has 0 radical (unpaired) electrons. The number of rotatable bonds is 2. The maximum absolute atomic E-state index is 12.1. The van der Waals surface area contributed by atoms with Crippen LogP contribution in [0.25, 0.3) is 0 Å². The number of nitrogens with zero attached hydrogens (tertiary/aromatic N) is 2. The molecule has 1 saturated carbocycles. The number of amides is 1. The molecule has 0 spiro atoms. The van der Waals surface area contributed by atoms with Gasteiger partial charge in [0, 0.05) is 24.5 Å². The van der Waals surface area contributed by atoms with E-state index in [1.807, 2.05) is 12.1 Å². The Morgan fingerprint density at radius 3 is 3.10 bits per heavy atom. The Morgan fingerprint density at radius 1 is 1.60 bits per heavy atom. The molecule has 3 heterocycles. The third kappa shape index (κ3) is 2.06. The van der Waals surface area contributed by atoms with E-state index >= 15 is 0 Å². The van der Waals surface area contributed by atoms with E-state index < -0.39 is 5.60 Å². The average Bonchev–Trinajstić information content (AvgIpc) is 2.48. The minimum Gasteiger partial charge on any atom is -0.450 e. The number of hydrogen-bond acceptors (Lipinski definition) is 4. The Kier molecular flexibility index (Phi) is 3.38. The Balaban J connectivity index is 1.91.